The molecule has 0 aliphatic carbocycles. The van der Waals surface area contributed by atoms with Gasteiger partial charge in [0.25, 0.3) is 0 Å². The van der Waals surface area contributed by atoms with Crippen molar-refractivity contribution in [3.05, 3.63) is 60.2 Å². The van der Waals surface area contributed by atoms with Crippen molar-refractivity contribution in [3.8, 4) is 5.75 Å². The van der Waals surface area contributed by atoms with E-state index in [-0.39, 0.29) is 5.91 Å². The van der Waals surface area contributed by atoms with E-state index in [4.69, 9.17) is 17.0 Å². The largest absolute Gasteiger partial charge is 0.494 e. The molecule has 0 saturated carbocycles. The lowest BCUT2D eigenvalue weighted by molar-refractivity contribution is -0.119. The zero-order chi connectivity index (χ0) is 20.0. The quantitative estimate of drug-likeness (QED) is 0.389. The number of aryl methyl sites for hydroxylation is 1. The standard InChI is InChI=1S/C23H30N2O2S/c1-2-3-4-5-9-18-27-21-15-13-20(14-16-21)24-23(28)25-22(26)17-12-19-10-7-6-8-11-19/h6-8,10-11,13-16H,2-5,9,12,17-18H2,1H3,(H2,24,25,26,28). The number of amides is 1. The van der Waals surface area contributed by atoms with Gasteiger partial charge in [-0.15, -0.1) is 0 Å². The third-order valence-corrected chi connectivity index (χ3v) is 4.57. The van der Waals surface area contributed by atoms with Crippen LogP contribution in [-0.2, 0) is 11.2 Å². The van der Waals surface area contributed by atoms with Gasteiger partial charge in [0.15, 0.2) is 5.11 Å². The summed E-state index contributed by atoms with van der Waals surface area (Å²) in [7, 11) is 0. The van der Waals surface area contributed by atoms with Crippen molar-refractivity contribution in [2.45, 2.75) is 51.9 Å². The number of hydrogen-bond acceptors (Lipinski definition) is 3. The number of thiocarbonyl (C=S) groups is 1. The van der Waals surface area contributed by atoms with E-state index in [0.717, 1.165) is 30.0 Å². The Morgan fingerprint density at radius 2 is 1.68 bits per heavy atom. The van der Waals surface area contributed by atoms with E-state index in [2.05, 4.69) is 17.6 Å². The van der Waals surface area contributed by atoms with Crippen LogP contribution in [-0.4, -0.2) is 17.6 Å². The smallest absolute Gasteiger partial charge is 0.226 e. The number of nitrogens with one attached hydrogen (secondary N) is 2. The molecule has 0 saturated heterocycles. The van der Waals surface area contributed by atoms with Crippen molar-refractivity contribution in [2.75, 3.05) is 11.9 Å². The number of anilines is 1. The molecule has 2 N–H and O–H groups in total. The first-order valence-electron chi connectivity index (χ1n) is 10.0. The average Bonchev–Trinajstić information content (AvgIpc) is 2.71. The second-order valence-electron chi connectivity index (χ2n) is 6.77. The van der Waals surface area contributed by atoms with Crippen LogP contribution in [0.1, 0.15) is 51.0 Å². The minimum Gasteiger partial charge on any atom is -0.494 e. The molecule has 1 amide bonds. The fraction of sp³-hybridized carbons (Fsp3) is 0.391. The topological polar surface area (TPSA) is 50.4 Å². The summed E-state index contributed by atoms with van der Waals surface area (Å²) in [5.74, 6) is 0.753. The first kappa shape index (κ1) is 21.9. The van der Waals surface area contributed by atoms with Crippen LogP contribution in [0.5, 0.6) is 5.75 Å². The second-order valence-corrected chi connectivity index (χ2v) is 7.18. The van der Waals surface area contributed by atoms with Crippen LogP contribution in [0.2, 0.25) is 0 Å². The van der Waals surface area contributed by atoms with E-state index in [1.807, 2.05) is 54.6 Å². The van der Waals surface area contributed by atoms with Gasteiger partial charge < -0.3 is 15.4 Å². The van der Waals surface area contributed by atoms with Crippen LogP contribution in [0, 0.1) is 0 Å². The molecule has 2 aromatic rings. The van der Waals surface area contributed by atoms with Gasteiger partial charge in [-0.25, -0.2) is 0 Å². The van der Waals surface area contributed by atoms with Crippen LogP contribution in [0.25, 0.3) is 0 Å². The zero-order valence-corrected chi connectivity index (χ0v) is 17.4. The highest BCUT2D eigenvalue weighted by atomic mass is 32.1. The van der Waals surface area contributed by atoms with Gasteiger partial charge in [-0.3, -0.25) is 4.79 Å². The van der Waals surface area contributed by atoms with E-state index >= 15 is 0 Å². The number of carbonyl (C=O) groups excluding carboxylic acids is 1. The summed E-state index contributed by atoms with van der Waals surface area (Å²) < 4.78 is 5.75. The molecule has 0 aliphatic heterocycles. The molecule has 28 heavy (non-hydrogen) atoms. The molecule has 2 rings (SSSR count). The highest BCUT2D eigenvalue weighted by molar-refractivity contribution is 7.80. The fourth-order valence-electron chi connectivity index (χ4n) is 2.78. The average molecular weight is 399 g/mol. The first-order chi connectivity index (χ1) is 13.7. The van der Waals surface area contributed by atoms with Crippen LogP contribution in [0.15, 0.2) is 54.6 Å². The molecule has 0 bridgehead atoms. The Labute approximate surface area is 173 Å². The molecule has 0 spiro atoms. The Hall–Kier alpha value is -2.40. The van der Waals surface area contributed by atoms with Crippen LogP contribution >= 0.6 is 12.2 Å². The summed E-state index contributed by atoms with van der Waals surface area (Å²) in [5.41, 5.74) is 1.96. The minimum absolute atomic E-state index is 0.0932. The summed E-state index contributed by atoms with van der Waals surface area (Å²) in [6.45, 7) is 2.96. The number of unbranched alkanes of at least 4 members (excludes halogenated alkanes) is 4. The maximum absolute atomic E-state index is 12.0. The Balaban J connectivity index is 1.65. The molecule has 4 nitrogen and oxygen atoms in total. The Morgan fingerprint density at radius 3 is 2.39 bits per heavy atom. The lowest BCUT2D eigenvalue weighted by atomic mass is 10.1. The van der Waals surface area contributed by atoms with Gasteiger partial charge in [0.1, 0.15) is 5.75 Å². The van der Waals surface area contributed by atoms with Crippen molar-refractivity contribution < 1.29 is 9.53 Å². The summed E-state index contributed by atoms with van der Waals surface area (Å²) in [5, 5.41) is 6.06. The first-order valence-corrected chi connectivity index (χ1v) is 10.5. The van der Waals surface area contributed by atoms with Crippen molar-refractivity contribution in [3.63, 3.8) is 0 Å². The number of hydrogen-bond donors (Lipinski definition) is 2. The predicted octanol–water partition coefficient (Wildman–Crippen LogP) is 5.48. The SMILES string of the molecule is CCCCCCCOc1ccc(NC(=S)NC(=O)CCc2ccccc2)cc1. The van der Waals surface area contributed by atoms with Gasteiger partial charge in [0.2, 0.25) is 5.91 Å². The summed E-state index contributed by atoms with van der Waals surface area (Å²) in [6, 6.07) is 17.6. The number of carbonyl (C=O) groups is 1. The lowest BCUT2D eigenvalue weighted by Gasteiger charge is -2.11. The monoisotopic (exact) mass is 398 g/mol. The van der Waals surface area contributed by atoms with Gasteiger partial charge in [0, 0.05) is 12.1 Å². The number of rotatable bonds is 11. The van der Waals surface area contributed by atoms with E-state index in [1.165, 1.54) is 25.7 Å². The molecule has 150 valence electrons. The zero-order valence-electron chi connectivity index (χ0n) is 16.6. The van der Waals surface area contributed by atoms with Crippen molar-refractivity contribution >= 4 is 28.9 Å². The van der Waals surface area contributed by atoms with Crippen molar-refractivity contribution in [1.29, 1.82) is 0 Å². The molecule has 0 fully saturated rings. The van der Waals surface area contributed by atoms with E-state index in [0.29, 0.717) is 18.0 Å². The summed E-state index contributed by atoms with van der Waals surface area (Å²) in [4.78, 5) is 12.0. The van der Waals surface area contributed by atoms with Crippen molar-refractivity contribution in [2.24, 2.45) is 0 Å². The third-order valence-electron chi connectivity index (χ3n) is 4.37. The maximum Gasteiger partial charge on any atom is 0.226 e. The number of ether oxygens (including phenoxy) is 1. The molecule has 5 heteroatoms. The molecule has 0 aliphatic rings. The molecular formula is C23H30N2O2S. The highest BCUT2D eigenvalue weighted by Gasteiger charge is 2.06. The molecule has 0 heterocycles. The Bertz CT molecular complexity index is 717. The Kier molecular flexibility index (Phi) is 10.1. The predicted molar refractivity (Wildman–Crippen MR) is 120 cm³/mol. The highest BCUT2D eigenvalue weighted by Crippen LogP contribution is 2.16. The van der Waals surface area contributed by atoms with Crippen LogP contribution in [0.3, 0.4) is 0 Å². The van der Waals surface area contributed by atoms with Crippen molar-refractivity contribution in [1.82, 2.24) is 5.32 Å². The van der Waals surface area contributed by atoms with Crippen LogP contribution in [0.4, 0.5) is 5.69 Å². The third kappa shape index (κ3) is 9.00. The van der Waals surface area contributed by atoms with Gasteiger partial charge in [0.05, 0.1) is 6.61 Å². The van der Waals surface area contributed by atoms with Crippen LogP contribution < -0.4 is 15.4 Å². The van der Waals surface area contributed by atoms with Gasteiger partial charge in [-0.05, 0) is 54.9 Å². The molecule has 2 aromatic carbocycles. The second kappa shape index (κ2) is 12.9. The molecule has 0 aromatic heterocycles. The summed E-state index contributed by atoms with van der Waals surface area (Å²) >= 11 is 5.22. The van der Waals surface area contributed by atoms with E-state index in [1.54, 1.807) is 0 Å². The normalized spacial score (nSPS) is 10.3. The van der Waals surface area contributed by atoms with Gasteiger partial charge >= 0.3 is 0 Å². The molecule has 0 atom stereocenters. The fourth-order valence-corrected chi connectivity index (χ4v) is 3.02. The van der Waals surface area contributed by atoms with Gasteiger partial charge in [-0.2, -0.15) is 0 Å². The lowest BCUT2D eigenvalue weighted by Crippen LogP contribution is -2.34. The maximum atomic E-state index is 12.0. The van der Waals surface area contributed by atoms with Gasteiger partial charge in [-0.1, -0.05) is 62.9 Å². The number of benzene rings is 2. The molecular weight excluding hydrogens is 368 g/mol. The summed E-state index contributed by atoms with van der Waals surface area (Å²) in [6.07, 6.45) is 7.21. The van der Waals surface area contributed by atoms with E-state index in [9.17, 15) is 4.79 Å². The minimum atomic E-state index is -0.0932. The van der Waals surface area contributed by atoms with E-state index < -0.39 is 0 Å². The Morgan fingerprint density at radius 1 is 0.964 bits per heavy atom. The molecule has 0 radical (unpaired) electrons. The molecule has 0 unspecified atom stereocenters.